The first kappa shape index (κ1) is 12.9. The summed E-state index contributed by atoms with van der Waals surface area (Å²) in [5.41, 5.74) is 6.36. The summed E-state index contributed by atoms with van der Waals surface area (Å²) in [6.07, 6.45) is 4.48. The first-order chi connectivity index (χ1) is 8.07. The van der Waals surface area contributed by atoms with E-state index in [0.717, 1.165) is 35.4 Å². The van der Waals surface area contributed by atoms with Gasteiger partial charge in [0.1, 0.15) is 5.75 Å². The van der Waals surface area contributed by atoms with E-state index < -0.39 is 0 Å². The number of rotatable bonds is 4. The van der Waals surface area contributed by atoms with E-state index in [4.69, 9.17) is 10.5 Å². The molecular formula is C14H20BrNO. The molecule has 1 fully saturated rings. The highest BCUT2D eigenvalue weighted by Crippen LogP contribution is 2.34. The van der Waals surface area contributed by atoms with Crippen LogP contribution in [-0.2, 0) is 0 Å². The van der Waals surface area contributed by atoms with Crippen LogP contribution in [0.3, 0.4) is 0 Å². The normalized spacial score (nSPS) is 28.3. The van der Waals surface area contributed by atoms with Crippen molar-refractivity contribution in [3.8, 4) is 5.75 Å². The van der Waals surface area contributed by atoms with Gasteiger partial charge >= 0.3 is 0 Å². The first-order valence-electron chi connectivity index (χ1n) is 6.25. The van der Waals surface area contributed by atoms with Gasteiger partial charge < -0.3 is 10.5 Å². The number of ether oxygens (including phenoxy) is 1. The van der Waals surface area contributed by atoms with Crippen LogP contribution < -0.4 is 10.5 Å². The molecule has 2 nitrogen and oxygen atoms in total. The van der Waals surface area contributed by atoms with E-state index >= 15 is 0 Å². The number of hydrogen-bond donors (Lipinski definition) is 1. The second-order valence-electron chi connectivity index (χ2n) is 5.26. The van der Waals surface area contributed by atoms with E-state index in [1.54, 1.807) is 0 Å². The minimum atomic E-state index is 0.00871. The molecule has 0 heterocycles. The molecule has 0 aromatic heterocycles. The SMILES string of the molecule is CC1CCC(N)(CCOc2ccc(Br)cc2)C1. The van der Waals surface area contributed by atoms with Gasteiger partial charge in [-0.25, -0.2) is 0 Å². The second kappa shape index (κ2) is 5.40. The zero-order valence-electron chi connectivity index (χ0n) is 10.3. The fourth-order valence-corrected chi connectivity index (χ4v) is 2.83. The molecule has 1 saturated carbocycles. The molecule has 0 aliphatic heterocycles. The molecule has 17 heavy (non-hydrogen) atoms. The van der Waals surface area contributed by atoms with Gasteiger partial charge in [0, 0.05) is 10.0 Å². The van der Waals surface area contributed by atoms with Crippen molar-refractivity contribution in [3.05, 3.63) is 28.7 Å². The third-order valence-corrected chi connectivity index (χ3v) is 4.10. The summed E-state index contributed by atoms with van der Waals surface area (Å²) in [5, 5.41) is 0. The molecule has 0 radical (unpaired) electrons. The first-order valence-corrected chi connectivity index (χ1v) is 7.04. The number of halogens is 1. The maximum absolute atomic E-state index is 6.35. The zero-order valence-corrected chi connectivity index (χ0v) is 11.9. The Bertz CT molecular complexity index is 365. The Labute approximate surface area is 112 Å². The van der Waals surface area contributed by atoms with E-state index in [1.807, 2.05) is 24.3 Å². The molecule has 1 aromatic rings. The quantitative estimate of drug-likeness (QED) is 0.919. The Kier molecular flexibility index (Phi) is 4.10. The molecule has 1 aliphatic carbocycles. The minimum Gasteiger partial charge on any atom is -0.494 e. The standard InChI is InChI=1S/C14H20BrNO/c1-11-6-7-14(16,10-11)8-9-17-13-4-2-12(15)3-5-13/h2-5,11H,6-10,16H2,1H3. The molecule has 1 aliphatic rings. The summed E-state index contributed by atoms with van der Waals surface area (Å²) in [6, 6.07) is 7.94. The number of hydrogen-bond acceptors (Lipinski definition) is 2. The van der Waals surface area contributed by atoms with Crippen LogP contribution in [0.5, 0.6) is 5.75 Å². The Morgan fingerprint density at radius 3 is 2.71 bits per heavy atom. The van der Waals surface area contributed by atoms with Crippen molar-refractivity contribution in [1.29, 1.82) is 0 Å². The average Bonchev–Trinajstić information content (AvgIpc) is 2.62. The third-order valence-electron chi connectivity index (χ3n) is 3.57. The minimum absolute atomic E-state index is 0.00871. The highest BCUT2D eigenvalue weighted by atomic mass is 79.9. The van der Waals surface area contributed by atoms with E-state index in [2.05, 4.69) is 22.9 Å². The maximum atomic E-state index is 6.35. The Balaban J connectivity index is 1.78. The van der Waals surface area contributed by atoms with Gasteiger partial charge in [-0.1, -0.05) is 22.9 Å². The van der Waals surface area contributed by atoms with Crippen LogP contribution in [0.15, 0.2) is 28.7 Å². The van der Waals surface area contributed by atoms with E-state index in [9.17, 15) is 0 Å². The summed E-state index contributed by atoms with van der Waals surface area (Å²) in [6.45, 7) is 3.00. The highest BCUT2D eigenvalue weighted by molar-refractivity contribution is 9.10. The van der Waals surface area contributed by atoms with E-state index in [0.29, 0.717) is 6.61 Å². The van der Waals surface area contributed by atoms with Crippen LogP contribution in [0.25, 0.3) is 0 Å². The van der Waals surface area contributed by atoms with Gasteiger partial charge in [-0.3, -0.25) is 0 Å². The van der Waals surface area contributed by atoms with Crippen molar-refractivity contribution in [1.82, 2.24) is 0 Å². The van der Waals surface area contributed by atoms with Crippen LogP contribution in [0.1, 0.15) is 32.6 Å². The third kappa shape index (κ3) is 3.71. The zero-order chi connectivity index (χ0) is 12.3. The van der Waals surface area contributed by atoms with Gasteiger partial charge in [-0.2, -0.15) is 0 Å². The Morgan fingerprint density at radius 2 is 2.12 bits per heavy atom. The molecule has 0 spiro atoms. The monoisotopic (exact) mass is 297 g/mol. The maximum Gasteiger partial charge on any atom is 0.119 e. The molecule has 94 valence electrons. The summed E-state index contributed by atoms with van der Waals surface area (Å²) in [7, 11) is 0. The topological polar surface area (TPSA) is 35.2 Å². The molecule has 0 saturated heterocycles. The van der Waals surface area contributed by atoms with Crippen LogP contribution in [0.2, 0.25) is 0 Å². The van der Waals surface area contributed by atoms with Gasteiger partial charge in [0.25, 0.3) is 0 Å². The number of benzene rings is 1. The molecule has 2 atom stereocenters. The van der Waals surface area contributed by atoms with Crippen molar-refractivity contribution < 1.29 is 4.74 Å². The van der Waals surface area contributed by atoms with Gasteiger partial charge in [0.2, 0.25) is 0 Å². The van der Waals surface area contributed by atoms with Gasteiger partial charge in [-0.05, 0) is 55.9 Å². The smallest absolute Gasteiger partial charge is 0.119 e. The average molecular weight is 298 g/mol. The molecule has 2 unspecified atom stereocenters. The Morgan fingerprint density at radius 1 is 1.41 bits per heavy atom. The molecule has 2 rings (SSSR count). The van der Waals surface area contributed by atoms with Crippen molar-refractivity contribution in [3.63, 3.8) is 0 Å². The van der Waals surface area contributed by atoms with Gasteiger partial charge in [-0.15, -0.1) is 0 Å². The molecule has 1 aromatic carbocycles. The lowest BCUT2D eigenvalue weighted by Crippen LogP contribution is -2.38. The fourth-order valence-electron chi connectivity index (χ4n) is 2.56. The van der Waals surface area contributed by atoms with E-state index in [-0.39, 0.29) is 5.54 Å². The summed E-state index contributed by atoms with van der Waals surface area (Å²) < 4.78 is 6.80. The summed E-state index contributed by atoms with van der Waals surface area (Å²) in [4.78, 5) is 0. The molecular weight excluding hydrogens is 278 g/mol. The van der Waals surface area contributed by atoms with Crippen molar-refractivity contribution in [2.24, 2.45) is 11.7 Å². The van der Waals surface area contributed by atoms with Crippen LogP contribution in [-0.4, -0.2) is 12.1 Å². The van der Waals surface area contributed by atoms with Crippen molar-refractivity contribution in [2.45, 2.75) is 38.1 Å². The highest BCUT2D eigenvalue weighted by Gasteiger charge is 2.33. The van der Waals surface area contributed by atoms with Crippen LogP contribution >= 0.6 is 15.9 Å². The van der Waals surface area contributed by atoms with E-state index in [1.165, 1.54) is 6.42 Å². The lowest BCUT2D eigenvalue weighted by atomic mass is 9.94. The summed E-state index contributed by atoms with van der Waals surface area (Å²) in [5.74, 6) is 1.69. The lowest BCUT2D eigenvalue weighted by molar-refractivity contribution is 0.255. The fraction of sp³-hybridized carbons (Fsp3) is 0.571. The Hall–Kier alpha value is -0.540. The molecule has 0 amide bonds. The molecule has 3 heteroatoms. The van der Waals surface area contributed by atoms with Gasteiger partial charge in [0.15, 0.2) is 0 Å². The van der Waals surface area contributed by atoms with Gasteiger partial charge in [0.05, 0.1) is 6.61 Å². The predicted octanol–water partition coefficient (Wildman–Crippen LogP) is 3.74. The number of nitrogens with two attached hydrogens (primary N) is 1. The summed E-state index contributed by atoms with van der Waals surface area (Å²) >= 11 is 3.41. The lowest BCUT2D eigenvalue weighted by Gasteiger charge is -2.23. The molecule has 0 bridgehead atoms. The van der Waals surface area contributed by atoms with Crippen molar-refractivity contribution in [2.75, 3.05) is 6.61 Å². The predicted molar refractivity (Wildman–Crippen MR) is 74.2 cm³/mol. The van der Waals surface area contributed by atoms with Crippen LogP contribution in [0, 0.1) is 5.92 Å². The largest absolute Gasteiger partial charge is 0.494 e. The van der Waals surface area contributed by atoms with Crippen molar-refractivity contribution >= 4 is 15.9 Å². The molecule has 2 N–H and O–H groups in total. The van der Waals surface area contributed by atoms with Crippen LogP contribution in [0.4, 0.5) is 0 Å². The second-order valence-corrected chi connectivity index (χ2v) is 6.18.